The molecule has 15 heavy (non-hydrogen) atoms. The van der Waals surface area contributed by atoms with Crippen molar-refractivity contribution in [3.05, 3.63) is 0 Å². The summed E-state index contributed by atoms with van der Waals surface area (Å²) >= 11 is 4.87. The first kappa shape index (κ1) is 12.1. The van der Waals surface area contributed by atoms with E-state index in [0.717, 1.165) is 0 Å². The lowest BCUT2D eigenvalue weighted by atomic mass is 9.92. The molecule has 0 aromatic heterocycles. The molecule has 1 fully saturated rings. The maximum Gasteiger partial charge on any atom is 0.236 e. The van der Waals surface area contributed by atoms with Gasteiger partial charge in [-0.05, 0) is 6.42 Å². The Kier molecular flexibility index (Phi) is 3.13. The summed E-state index contributed by atoms with van der Waals surface area (Å²) in [5, 5.41) is 0. The van der Waals surface area contributed by atoms with E-state index in [2.05, 4.69) is 0 Å². The zero-order valence-corrected chi connectivity index (χ0v) is 10.1. The van der Waals surface area contributed by atoms with Gasteiger partial charge in [-0.25, -0.2) is 0 Å². The molecule has 0 saturated carbocycles. The van der Waals surface area contributed by atoms with E-state index in [9.17, 15) is 9.59 Å². The second-order valence-corrected chi connectivity index (χ2v) is 4.93. The SMILES string of the molecule is CCC(C(N)=S)N1C(=O)CC(C)(C)C1=O. The number of amides is 2. The van der Waals surface area contributed by atoms with Crippen LogP contribution in [0, 0.1) is 5.41 Å². The van der Waals surface area contributed by atoms with E-state index in [1.807, 2.05) is 6.92 Å². The third-order valence-electron chi connectivity index (χ3n) is 2.69. The Morgan fingerprint density at radius 1 is 1.60 bits per heavy atom. The molecule has 1 aliphatic rings. The van der Waals surface area contributed by atoms with Crippen LogP contribution in [-0.4, -0.2) is 27.7 Å². The Labute approximate surface area is 94.8 Å². The Balaban J connectivity index is 3.01. The molecule has 1 rings (SSSR count). The van der Waals surface area contributed by atoms with Crippen molar-refractivity contribution in [2.45, 2.75) is 39.7 Å². The van der Waals surface area contributed by atoms with Crippen LogP contribution in [0.25, 0.3) is 0 Å². The summed E-state index contributed by atoms with van der Waals surface area (Å²) in [6.07, 6.45) is 0.813. The number of nitrogens with zero attached hydrogens (tertiary/aromatic N) is 1. The molecule has 1 unspecified atom stereocenters. The van der Waals surface area contributed by atoms with Crippen LogP contribution < -0.4 is 5.73 Å². The predicted octanol–water partition coefficient (Wildman–Crippen LogP) is 0.836. The highest BCUT2D eigenvalue weighted by molar-refractivity contribution is 7.80. The molecule has 1 saturated heterocycles. The molecule has 0 spiro atoms. The zero-order valence-electron chi connectivity index (χ0n) is 9.24. The summed E-state index contributed by atoms with van der Waals surface area (Å²) in [6, 6.07) is -0.429. The normalized spacial score (nSPS) is 21.9. The van der Waals surface area contributed by atoms with Crippen molar-refractivity contribution in [2.24, 2.45) is 11.1 Å². The number of carbonyl (C=O) groups excluding carboxylic acids is 2. The van der Waals surface area contributed by atoms with Gasteiger partial charge < -0.3 is 5.73 Å². The molecule has 1 atom stereocenters. The van der Waals surface area contributed by atoms with Crippen LogP contribution in [0.4, 0.5) is 0 Å². The summed E-state index contributed by atoms with van der Waals surface area (Å²) < 4.78 is 0. The molecule has 0 bridgehead atoms. The highest BCUT2D eigenvalue weighted by atomic mass is 32.1. The average molecular weight is 228 g/mol. The number of imide groups is 1. The number of hydrogen-bond donors (Lipinski definition) is 1. The van der Waals surface area contributed by atoms with E-state index in [0.29, 0.717) is 6.42 Å². The molecular formula is C10H16N2O2S. The molecule has 0 aliphatic carbocycles. The molecule has 84 valence electrons. The fourth-order valence-electron chi connectivity index (χ4n) is 1.80. The summed E-state index contributed by atoms with van der Waals surface area (Å²) in [4.78, 5) is 25.1. The molecular weight excluding hydrogens is 212 g/mol. The Hall–Kier alpha value is -0.970. The topological polar surface area (TPSA) is 63.4 Å². The summed E-state index contributed by atoms with van der Waals surface area (Å²) in [5.41, 5.74) is 4.91. The van der Waals surface area contributed by atoms with Crippen LogP contribution in [0.3, 0.4) is 0 Å². The van der Waals surface area contributed by atoms with E-state index >= 15 is 0 Å². The van der Waals surface area contributed by atoms with Gasteiger partial charge >= 0.3 is 0 Å². The smallest absolute Gasteiger partial charge is 0.236 e. The van der Waals surface area contributed by atoms with Crippen molar-refractivity contribution in [3.63, 3.8) is 0 Å². The minimum Gasteiger partial charge on any atom is -0.392 e. The predicted molar refractivity (Wildman–Crippen MR) is 61.1 cm³/mol. The van der Waals surface area contributed by atoms with Crippen molar-refractivity contribution in [1.29, 1.82) is 0 Å². The average Bonchev–Trinajstić information content (AvgIpc) is 2.28. The first-order valence-corrected chi connectivity index (χ1v) is 5.38. The van der Waals surface area contributed by atoms with Crippen LogP contribution in [0.5, 0.6) is 0 Å². The van der Waals surface area contributed by atoms with Crippen molar-refractivity contribution < 1.29 is 9.59 Å². The minimum atomic E-state index is -0.616. The number of hydrogen-bond acceptors (Lipinski definition) is 3. The number of nitrogens with two attached hydrogens (primary N) is 1. The summed E-state index contributed by atoms with van der Waals surface area (Å²) in [5.74, 6) is -0.350. The van der Waals surface area contributed by atoms with E-state index in [4.69, 9.17) is 18.0 Å². The number of thiocarbonyl (C=S) groups is 1. The molecule has 0 radical (unpaired) electrons. The molecule has 0 aromatic rings. The number of rotatable bonds is 3. The van der Waals surface area contributed by atoms with Gasteiger partial charge in [-0.1, -0.05) is 33.0 Å². The van der Waals surface area contributed by atoms with Crippen LogP contribution in [0.2, 0.25) is 0 Å². The van der Waals surface area contributed by atoms with E-state index < -0.39 is 11.5 Å². The molecule has 1 heterocycles. The molecule has 1 aliphatic heterocycles. The molecule has 5 heteroatoms. The summed E-state index contributed by atoms with van der Waals surface area (Å²) in [7, 11) is 0. The van der Waals surface area contributed by atoms with E-state index in [-0.39, 0.29) is 23.2 Å². The second-order valence-electron chi connectivity index (χ2n) is 4.46. The van der Waals surface area contributed by atoms with E-state index in [1.54, 1.807) is 13.8 Å². The lowest BCUT2D eigenvalue weighted by Crippen LogP contribution is -2.47. The van der Waals surface area contributed by atoms with Crippen molar-refractivity contribution in [3.8, 4) is 0 Å². The van der Waals surface area contributed by atoms with Crippen molar-refractivity contribution in [2.75, 3.05) is 0 Å². The van der Waals surface area contributed by atoms with Crippen molar-refractivity contribution in [1.82, 2.24) is 4.90 Å². The third kappa shape index (κ3) is 2.02. The fraction of sp³-hybridized carbons (Fsp3) is 0.700. The summed E-state index contributed by atoms with van der Waals surface area (Å²) in [6.45, 7) is 5.38. The van der Waals surface area contributed by atoms with Crippen LogP contribution >= 0.6 is 12.2 Å². The van der Waals surface area contributed by atoms with Gasteiger partial charge in [0.05, 0.1) is 16.4 Å². The molecule has 0 aromatic carbocycles. The zero-order chi connectivity index (χ0) is 11.8. The third-order valence-corrected chi connectivity index (χ3v) is 2.96. The first-order chi connectivity index (χ1) is 6.81. The Bertz CT molecular complexity index is 325. The van der Waals surface area contributed by atoms with Gasteiger partial charge in [-0.15, -0.1) is 0 Å². The maximum absolute atomic E-state index is 11.9. The Morgan fingerprint density at radius 2 is 2.13 bits per heavy atom. The van der Waals surface area contributed by atoms with Gasteiger partial charge in [-0.3, -0.25) is 14.5 Å². The molecule has 4 nitrogen and oxygen atoms in total. The fourth-order valence-corrected chi connectivity index (χ4v) is 2.08. The van der Waals surface area contributed by atoms with Gasteiger partial charge in [0, 0.05) is 6.42 Å². The number of carbonyl (C=O) groups is 2. The molecule has 2 N–H and O–H groups in total. The van der Waals surface area contributed by atoms with Gasteiger partial charge in [0.25, 0.3) is 0 Å². The highest BCUT2D eigenvalue weighted by Crippen LogP contribution is 2.33. The lowest BCUT2D eigenvalue weighted by molar-refractivity contribution is -0.142. The molecule has 2 amide bonds. The van der Waals surface area contributed by atoms with Gasteiger partial charge in [0.1, 0.15) is 0 Å². The first-order valence-electron chi connectivity index (χ1n) is 4.97. The minimum absolute atomic E-state index is 0.174. The van der Waals surface area contributed by atoms with Crippen molar-refractivity contribution >= 4 is 29.0 Å². The largest absolute Gasteiger partial charge is 0.392 e. The number of likely N-dealkylation sites (tertiary alicyclic amines) is 1. The van der Waals surface area contributed by atoms with Crippen LogP contribution in [0.1, 0.15) is 33.6 Å². The highest BCUT2D eigenvalue weighted by Gasteiger charge is 2.47. The van der Waals surface area contributed by atoms with Gasteiger partial charge in [-0.2, -0.15) is 0 Å². The second kappa shape index (κ2) is 3.89. The maximum atomic E-state index is 11.9. The Morgan fingerprint density at radius 3 is 2.40 bits per heavy atom. The monoisotopic (exact) mass is 228 g/mol. The van der Waals surface area contributed by atoms with Gasteiger partial charge in [0.2, 0.25) is 11.8 Å². The quantitative estimate of drug-likeness (QED) is 0.574. The van der Waals surface area contributed by atoms with Crippen LogP contribution in [-0.2, 0) is 9.59 Å². The standard InChI is InChI=1S/C10H16N2O2S/c1-4-6(8(11)15)12-7(13)5-10(2,3)9(12)14/h6H,4-5H2,1-3H3,(H2,11,15). The lowest BCUT2D eigenvalue weighted by Gasteiger charge is -2.25. The van der Waals surface area contributed by atoms with Crippen LogP contribution in [0.15, 0.2) is 0 Å². The van der Waals surface area contributed by atoms with Gasteiger partial charge in [0.15, 0.2) is 0 Å². The van der Waals surface area contributed by atoms with E-state index in [1.165, 1.54) is 4.90 Å².